The van der Waals surface area contributed by atoms with Crippen molar-refractivity contribution in [2.24, 2.45) is 0 Å². The number of carbonyl (C=O) groups is 1. The Balaban J connectivity index is 2.01. The van der Waals surface area contributed by atoms with Gasteiger partial charge in [0.1, 0.15) is 11.6 Å². The van der Waals surface area contributed by atoms with Crippen molar-refractivity contribution in [3.63, 3.8) is 0 Å². The van der Waals surface area contributed by atoms with Crippen LogP contribution >= 0.6 is 11.6 Å². The lowest BCUT2D eigenvalue weighted by molar-refractivity contribution is -0.117. The van der Waals surface area contributed by atoms with Crippen LogP contribution in [0.15, 0.2) is 42.5 Å². The Labute approximate surface area is 117 Å². The lowest BCUT2D eigenvalue weighted by Crippen LogP contribution is -2.06. The number of hydrogen-bond acceptors (Lipinski definition) is 1. The largest absolute Gasteiger partial charge is 0.299 e. The van der Waals surface area contributed by atoms with Gasteiger partial charge in [0.25, 0.3) is 0 Å². The van der Waals surface area contributed by atoms with Crippen LogP contribution in [0.5, 0.6) is 0 Å². The number of ketones is 1. The van der Waals surface area contributed by atoms with E-state index in [1.807, 2.05) is 31.2 Å². The zero-order valence-corrected chi connectivity index (χ0v) is 11.4. The molecule has 0 fully saturated rings. The SMILES string of the molecule is Cc1ccc(CC(=O)Cc2ccc(Cl)c(F)c2)cc1. The Morgan fingerprint density at radius 1 is 1.05 bits per heavy atom. The molecule has 2 aromatic rings. The molecule has 0 aliphatic rings. The summed E-state index contributed by atoms with van der Waals surface area (Å²) in [5.41, 5.74) is 2.79. The van der Waals surface area contributed by atoms with Gasteiger partial charge in [-0.05, 0) is 30.2 Å². The highest BCUT2D eigenvalue weighted by atomic mass is 35.5. The van der Waals surface area contributed by atoms with E-state index in [4.69, 9.17) is 11.6 Å². The zero-order chi connectivity index (χ0) is 13.8. The van der Waals surface area contributed by atoms with Crippen LogP contribution in [-0.2, 0) is 17.6 Å². The molecule has 0 aliphatic heterocycles. The average Bonchev–Trinajstić information content (AvgIpc) is 2.37. The zero-order valence-electron chi connectivity index (χ0n) is 10.6. The van der Waals surface area contributed by atoms with E-state index in [0.29, 0.717) is 12.0 Å². The van der Waals surface area contributed by atoms with Crippen LogP contribution < -0.4 is 0 Å². The molecule has 0 aromatic heterocycles. The van der Waals surface area contributed by atoms with Gasteiger partial charge >= 0.3 is 0 Å². The number of halogens is 2. The van der Waals surface area contributed by atoms with Gasteiger partial charge in [-0.15, -0.1) is 0 Å². The number of Topliss-reactive ketones (excluding diaryl/α,β-unsaturated/α-hetero) is 1. The van der Waals surface area contributed by atoms with Gasteiger partial charge in [-0.3, -0.25) is 4.79 Å². The summed E-state index contributed by atoms with van der Waals surface area (Å²) in [6.45, 7) is 2.00. The Morgan fingerprint density at radius 2 is 1.63 bits per heavy atom. The van der Waals surface area contributed by atoms with E-state index in [9.17, 15) is 9.18 Å². The van der Waals surface area contributed by atoms with Crippen LogP contribution in [-0.4, -0.2) is 5.78 Å². The molecule has 0 bridgehead atoms. The molecule has 3 heteroatoms. The summed E-state index contributed by atoms with van der Waals surface area (Å²) >= 11 is 5.60. The van der Waals surface area contributed by atoms with Crippen LogP contribution in [0.2, 0.25) is 5.02 Å². The molecule has 0 atom stereocenters. The normalized spacial score (nSPS) is 10.5. The second kappa shape index (κ2) is 5.98. The lowest BCUT2D eigenvalue weighted by atomic mass is 10.0. The quantitative estimate of drug-likeness (QED) is 0.820. The first kappa shape index (κ1) is 13.8. The van der Waals surface area contributed by atoms with Crippen LogP contribution in [0.3, 0.4) is 0 Å². The molecule has 2 aromatic carbocycles. The van der Waals surface area contributed by atoms with E-state index in [1.54, 1.807) is 6.07 Å². The second-order valence-corrected chi connectivity index (χ2v) is 5.03. The second-order valence-electron chi connectivity index (χ2n) is 4.63. The molecular formula is C16H14ClFO. The third-order valence-corrected chi connectivity index (χ3v) is 3.21. The molecule has 2 rings (SSSR count). The number of rotatable bonds is 4. The highest BCUT2D eigenvalue weighted by Crippen LogP contribution is 2.16. The molecule has 19 heavy (non-hydrogen) atoms. The van der Waals surface area contributed by atoms with Crippen LogP contribution in [0.4, 0.5) is 4.39 Å². The molecule has 98 valence electrons. The number of aryl methyl sites for hydroxylation is 1. The summed E-state index contributed by atoms with van der Waals surface area (Å²) < 4.78 is 13.3. The van der Waals surface area contributed by atoms with Crippen molar-refractivity contribution in [1.82, 2.24) is 0 Å². The van der Waals surface area contributed by atoms with Gasteiger partial charge in [0.2, 0.25) is 0 Å². The van der Waals surface area contributed by atoms with Crippen molar-refractivity contribution in [3.05, 3.63) is 70.0 Å². The molecular weight excluding hydrogens is 263 g/mol. The maximum Gasteiger partial charge on any atom is 0.142 e. The predicted molar refractivity (Wildman–Crippen MR) is 75.0 cm³/mol. The minimum atomic E-state index is -0.484. The summed E-state index contributed by atoms with van der Waals surface area (Å²) in [6.07, 6.45) is 0.590. The minimum absolute atomic E-state index is 0.0607. The van der Waals surface area contributed by atoms with Gasteiger partial charge in [0.05, 0.1) is 5.02 Å². The molecule has 0 unspecified atom stereocenters. The van der Waals surface area contributed by atoms with E-state index in [1.165, 1.54) is 12.1 Å². The number of carbonyl (C=O) groups excluding carboxylic acids is 1. The molecule has 0 spiro atoms. The van der Waals surface area contributed by atoms with Gasteiger partial charge in [0.15, 0.2) is 0 Å². The van der Waals surface area contributed by atoms with Crippen molar-refractivity contribution >= 4 is 17.4 Å². The smallest absolute Gasteiger partial charge is 0.142 e. The third-order valence-electron chi connectivity index (χ3n) is 2.91. The van der Waals surface area contributed by atoms with Crippen molar-refractivity contribution < 1.29 is 9.18 Å². The standard InChI is InChI=1S/C16H14ClFO/c1-11-2-4-12(5-3-11)8-14(19)9-13-6-7-15(17)16(18)10-13/h2-7,10H,8-9H2,1H3. The van der Waals surface area contributed by atoms with E-state index in [2.05, 4.69) is 0 Å². The maximum absolute atomic E-state index is 13.3. The Kier molecular flexibility index (Phi) is 4.33. The van der Waals surface area contributed by atoms with Crippen LogP contribution in [0.1, 0.15) is 16.7 Å². The molecule has 0 saturated carbocycles. The predicted octanol–water partition coefficient (Wildman–Crippen LogP) is 4.14. The maximum atomic E-state index is 13.3. The summed E-state index contributed by atoms with van der Waals surface area (Å²) in [5, 5.41) is 0.0785. The van der Waals surface area contributed by atoms with E-state index < -0.39 is 5.82 Å². The Hall–Kier alpha value is -1.67. The first-order valence-corrected chi connectivity index (χ1v) is 6.43. The molecule has 0 heterocycles. The van der Waals surface area contributed by atoms with Crippen molar-refractivity contribution in [3.8, 4) is 0 Å². The van der Waals surface area contributed by atoms with E-state index >= 15 is 0 Å². The van der Waals surface area contributed by atoms with Gasteiger partial charge in [-0.2, -0.15) is 0 Å². The number of hydrogen-bond donors (Lipinski definition) is 0. The first-order valence-electron chi connectivity index (χ1n) is 6.06. The topological polar surface area (TPSA) is 17.1 Å². The molecule has 1 nitrogen and oxygen atoms in total. The van der Waals surface area contributed by atoms with E-state index in [-0.39, 0.29) is 17.2 Å². The molecule has 0 aliphatic carbocycles. The summed E-state index contributed by atoms with van der Waals surface area (Å²) in [6, 6.07) is 12.3. The van der Waals surface area contributed by atoms with Gasteiger partial charge in [0, 0.05) is 12.8 Å². The monoisotopic (exact) mass is 276 g/mol. The summed E-state index contributed by atoms with van der Waals surface area (Å²) in [4.78, 5) is 11.9. The highest BCUT2D eigenvalue weighted by molar-refractivity contribution is 6.30. The fourth-order valence-corrected chi connectivity index (χ4v) is 1.99. The highest BCUT2D eigenvalue weighted by Gasteiger charge is 2.07. The van der Waals surface area contributed by atoms with Crippen molar-refractivity contribution in [2.75, 3.05) is 0 Å². The molecule has 0 amide bonds. The fraction of sp³-hybridized carbons (Fsp3) is 0.188. The summed E-state index contributed by atoms with van der Waals surface area (Å²) in [5.74, 6) is -0.423. The first-order chi connectivity index (χ1) is 9.04. The minimum Gasteiger partial charge on any atom is -0.299 e. The Morgan fingerprint density at radius 3 is 2.26 bits per heavy atom. The number of benzene rings is 2. The van der Waals surface area contributed by atoms with Crippen LogP contribution in [0.25, 0.3) is 0 Å². The molecule has 0 saturated heterocycles. The molecule has 0 N–H and O–H groups in total. The van der Waals surface area contributed by atoms with E-state index in [0.717, 1.165) is 11.1 Å². The Bertz CT molecular complexity index is 590. The van der Waals surface area contributed by atoms with Crippen molar-refractivity contribution in [2.45, 2.75) is 19.8 Å². The summed E-state index contributed by atoms with van der Waals surface area (Å²) in [7, 11) is 0. The fourth-order valence-electron chi connectivity index (χ4n) is 1.87. The third kappa shape index (κ3) is 3.90. The van der Waals surface area contributed by atoms with Gasteiger partial charge in [-0.1, -0.05) is 47.5 Å². The molecule has 0 radical (unpaired) electrons. The van der Waals surface area contributed by atoms with Gasteiger partial charge < -0.3 is 0 Å². The van der Waals surface area contributed by atoms with Crippen LogP contribution in [0, 0.1) is 12.7 Å². The average molecular weight is 277 g/mol. The van der Waals surface area contributed by atoms with Gasteiger partial charge in [-0.25, -0.2) is 4.39 Å². The lowest BCUT2D eigenvalue weighted by Gasteiger charge is -2.03. The van der Waals surface area contributed by atoms with Crippen molar-refractivity contribution in [1.29, 1.82) is 0 Å².